The number of nitrogens with zero attached hydrogens (tertiary/aromatic N) is 2. The minimum Gasteiger partial charge on any atom is -0.495 e. The molecule has 0 aromatic heterocycles. The van der Waals surface area contributed by atoms with Gasteiger partial charge in [0.2, 0.25) is 17.7 Å². The smallest absolute Gasteiger partial charge is 0.255 e. The van der Waals surface area contributed by atoms with Gasteiger partial charge in [0.15, 0.2) is 0 Å². The van der Waals surface area contributed by atoms with Gasteiger partial charge < -0.3 is 35.8 Å². The molecule has 362 valence electrons. The number of hydrogen-bond acceptors (Lipinski definition) is 9. The fraction of sp³-hybridized carbons (Fsp3) is 0.453. The molecule has 1 unspecified atom stereocenters. The zero-order valence-electron chi connectivity index (χ0n) is 39.3. The monoisotopic (exact) mass is 977 g/mol. The van der Waals surface area contributed by atoms with Gasteiger partial charge in [-0.3, -0.25) is 29.3 Å². The molecule has 1 aliphatic carbocycles. The zero-order chi connectivity index (χ0) is 48.6. The number of piperidine rings is 2. The Labute approximate surface area is 411 Å². The number of anilines is 3. The Balaban J connectivity index is 0.770. The molecule has 5 aliphatic heterocycles. The molecule has 5 amide bonds. The normalized spacial score (nSPS) is 25.0. The largest absolute Gasteiger partial charge is 0.495 e. The Hall–Kier alpha value is -5.70. The number of halogens is 3. The highest BCUT2D eigenvalue weighted by Crippen LogP contribution is 2.57. The molecule has 16 heteroatoms. The topological polar surface area (TPSA) is 161 Å². The summed E-state index contributed by atoms with van der Waals surface area (Å²) in [6, 6.07) is 19.8. The summed E-state index contributed by atoms with van der Waals surface area (Å²) in [5.41, 5.74) is 4.84. The molecular formula is C53H58Cl2FN7O6. The maximum absolute atomic E-state index is 16.3. The first-order valence-corrected chi connectivity index (χ1v) is 24.7. The van der Waals surface area contributed by atoms with Crippen molar-refractivity contribution in [1.82, 2.24) is 20.9 Å². The molecule has 3 saturated heterocycles. The first-order chi connectivity index (χ1) is 33.0. The van der Waals surface area contributed by atoms with Gasteiger partial charge in [-0.05, 0) is 127 Å². The van der Waals surface area contributed by atoms with Crippen molar-refractivity contribution in [2.45, 2.75) is 102 Å². The summed E-state index contributed by atoms with van der Waals surface area (Å²) in [5.74, 6) is -2.06. The summed E-state index contributed by atoms with van der Waals surface area (Å²) < 4.78 is 22.1. The third-order valence-corrected chi connectivity index (χ3v) is 16.3. The molecule has 69 heavy (non-hydrogen) atoms. The number of fused-ring (bicyclic) bond motifs is 3. The van der Waals surface area contributed by atoms with Crippen LogP contribution in [0.25, 0.3) is 0 Å². The second-order valence-corrected chi connectivity index (χ2v) is 22.1. The van der Waals surface area contributed by atoms with Gasteiger partial charge in [-0.2, -0.15) is 0 Å². The predicted octanol–water partition coefficient (Wildman–Crippen LogP) is 8.19. The second kappa shape index (κ2) is 17.9. The van der Waals surface area contributed by atoms with Crippen LogP contribution in [0.15, 0.2) is 72.8 Å². The SMILES string of the molecule is COc1cc(C(=O)NCC2CC3(CCN(c4ccc5c(c4)CN(C4CCC(=O)NC4=O)C5=O)CC3)C2)ccc1NC(=O)[C@@H]1N[C@@H](CC(C)(C)C)[C@@]2(CNc3cc(Cl)ccc32)[C@H]1c1cccc(Cl)c1F. The van der Waals surface area contributed by atoms with E-state index in [4.69, 9.17) is 27.9 Å². The molecule has 4 aromatic rings. The summed E-state index contributed by atoms with van der Waals surface area (Å²) in [5, 5.41) is 16.3. The van der Waals surface area contributed by atoms with Crippen molar-refractivity contribution in [3.8, 4) is 5.75 Å². The number of nitrogens with one attached hydrogen (secondary N) is 5. The van der Waals surface area contributed by atoms with Crippen LogP contribution >= 0.6 is 23.2 Å². The van der Waals surface area contributed by atoms with Crippen LogP contribution in [-0.2, 0) is 26.3 Å². The second-order valence-electron chi connectivity index (χ2n) is 21.3. The van der Waals surface area contributed by atoms with Crippen LogP contribution < -0.4 is 36.2 Å². The van der Waals surface area contributed by atoms with Gasteiger partial charge in [-0.25, -0.2) is 4.39 Å². The first-order valence-electron chi connectivity index (χ1n) is 24.0. The van der Waals surface area contributed by atoms with E-state index in [9.17, 15) is 24.0 Å². The number of ether oxygens (including phenoxy) is 1. The van der Waals surface area contributed by atoms with Crippen LogP contribution in [0.4, 0.5) is 21.5 Å². The van der Waals surface area contributed by atoms with Gasteiger partial charge in [0.1, 0.15) is 17.6 Å². The summed E-state index contributed by atoms with van der Waals surface area (Å²) in [7, 11) is 1.49. The Morgan fingerprint density at radius 3 is 2.49 bits per heavy atom. The number of carbonyl (C=O) groups is 5. The van der Waals surface area contributed by atoms with Crippen molar-refractivity contribution in [3.63, 3.8) is 0 Å². The van der Waals surface area contributed by atoms with Gasteiger partial charge >= 0.3 is 0 Å². The van der Waals surface area contributed by atoms with Crippen molar-refractivity contribution in [1.29, 1.82) is 0 Å². The molecule has 13 nitrogen and oxygen atoms in total. The van der Waals surface area contributed by atoms with E-state index in [-0.39, 0.29) is 51.9 Å². The van der Waals surface area contributed by atoms with Crippen molar-refractivity contribution >= 4 is 69.8 Å². The predicted molar refractivity (Wildman–Crippen MR) is 264 cm³/mol. The van der Waals surface area contributed by atoms with E-state index >= 15 is 4.39 Å². The van der Waals surface area contributed by atoms with E-state index in [1.54, 1.807) is 35.2 Å². The van der Waals surface area contributed by atoms with Crippen molar-refractivity contribution in [2.24, 2.45) is 16.7 Å². The molecule has 0 radical (unpaired) electrons. The summed E-state index contributed by atoms with van der Waals surface area (Å²) >= 11 is 12.9. The van der Waals surface area contributed by atoms with Gasteiger partial charge in [0, 0.05) is 84.0 Å². The zero-order valence-corrected chi connectivity index (χ0v) is 40.8. The summed E-state index contributed by atoms with van der Waals surface area (Å²) in [6.07, 6.45) is 5.36. The average molecular weight is 979 g/mol. The lowest BCUT2D eigenvalue weighted by atomic mass is 9.57. The highest BCUT2D eigenvalue weighted by molar-refractivity contribution is 6.31. The Bertz CT molecular complexity index is 2770. The van der Waals surface area contributed by atoms with E-state index in [1.165, 1.54) is 13.2 Å². The molecule has 6 aliphatic rings. The van der Waals surface area contributed by atoms with Crippen molar-refractivity contribution in [2.75, 3.05) is 48.8 Å². The molecular weight excluding hydrogens is 921 g/mol. The number of hydrogen-bond donors (Lipinski definition) is 5. The van der Waals surface area contributed by atoms with E-state index in [0.29, 0.717) is 71.5 Å². The van der Waals surface area contributed by atoms with Crippen LogP contribution in [0, 0.1) is 22.6 Å². The molecule has 5 heterocycles. The number of imide groups is 1. The number of benzene rings is 4. The lowest BCUT2D eigenvalue weighted by Gasteiger charge is -2.53. The third kappa shape index (κ3) is 8.60. The van der Waals surface area contributed by atoms with E-state index in [0.717, 1.165) is 61.3 Å². The minimum atomic E-state index is -0.884. The molecule has 0 bridgehead atoms. The fourth-order valence-corrected chi connectivity index (χ4v) is 12.8. The molecule has 2 spiro atoms. The first kappa shape index (κ1) is 47.0. The van der Waals surface area contributed by atoms with E-state index in [2.05, 4.69) is 58.3 Å². The molecule has 5 N–H and O–H groups in total. The Morgan fingerprint density at radius 2 is 1.75 bits per heavy atom. The summed E-state index contributed by atoms with van der Waals surface area (Å²) in [6.45, 7) is 9.57. The lowest BCUT2D eigenvalue weighted by molar-refractivity contribution is -0.137. The van der Waals surface area contributed by atoms with Gasteiger partial charge in [-0.1, -0.05) is 62.2 Å². The standard InChI is InChI=1S/C53H58Cl2FN7O6/c1-51(2,3)25-42-53(28-58-39-22-32(54)9-12-36(39)53)44(35-6-5-7-37(55)45(35)56)46(60-42)49(67)59-38-13-8-30(21-41(38)69-4)47(65)57-26-29-23-52(24-29)16-18-62(19-17-52)33-10-11-34-31(20-33)27-63(50(34)68)40-14-15-43(64)61-48(40)66/h5-13,20-22,29,40,42,44,46,58,60H,14-19,23-28H2,1-4H3,(H,57,65)(H,59,67)(H,61,64,66)/t40?,42-,44-,46+,53-/m0/s1. The van der Waals surface area contributed by atoms with Crippen molar-refractivity contribution in [3.05, 3.63) is 116 Å². The molecule has 1 saturated carbocycles. The van der Waals surface area contributed by atoms with Gasteiger partial charge in [0.25, 0.3) is 11.8 Å². The maximum Gasteiger partial charge on any atom is 0.255 e. The average Bonchev–Trinajstić information content (AvgIpc) is 3.95. The minimum absolute atomic E-state index is 0.0199. The molecule has 4 aromatic carbocycles. The van der Waals surface area contributed by atoms with E-state index in [1.807, 2.05) is 30.3 Å². The Morgan fingerprint density at radius 1 is 0.971 bits per heavy atom. The molecule has 10 rings (SSSR count). The van der Waals surface area contributed by atoms with Gasteiger partial charge in [-0.15, -0.1) is 0 Å². The van der Waals surface area contributed by atoms with Crippen LogP contribution in [0.1, 0.15) is 109 Å². The van der Waals surface area contributed by atoms with Crippen LogP contribution in [0.3, 0.4) is 0 Å². The van der Waals surface area contributed by atoms with Gasteiger partial charge in [0.05, 0.1) is 23.9 Å². The number of carbonyl (C=O) groups excluding carboxylic acids is 5. The highest BCUT2D eigenvalue weighted by Gasteiger charge is 2.62. The number of amides is 5. The summed E-state index contributed by atoms with van der Waals surface area (Å²) in [4.78, 5) is 69.7. The third-order valence-electron chi connectivity index (χ3n) is 15.8. The number of rotatable bonds is 10. The molecule has 4 fully saturated rings. The van der Waals surface area contributed by atoms with Crippen LogP contribution in [0.2, 0.25) is 10.0 Å². The molecule has 5 atom stereocenters. The fourth-order valence-electron chi connectivity index (χ4n) is 12.5. The lowest BCUT2D eigenvalue weighted by Crippen LogP contribution is -2.52. The van der Waals surface area contributed by atoms with Crippen LogP contribution in [0.5, 0.6) is 5.75 Å². The highest BCUT2D eigenvalue weighted by atomic mass is 35.5. The van der Waals surface area contributed by atoms with Crippen molar-refractivity contribution < 1.29 is 33.1 Å². The quantitative estimate of drug-likeness (QED) is 0.0988. The van der Waals surface area contributed by atoms with Crippen LogP contribution in [-0.4, -0.2) is 85.9 Å². The Kier molecular flexibility index (Phi) is 12.2. The maximum atomic E-state index is 16.3. The number of methoxy groups -OCH3 is 1. The van der Waals surface area contributed by atoms with E-state index < -0.39 is 35.1 Å².